The lowest BCUT2D eigenvalue weighted by atomic mass is 10.0. The molecule has 24 heavy (non-hydrogen) atoms. The van der Waals surface area contributed by atoms with Crippen LogP contribution in [0, 0.1) is 19.8 Å². The summed E-state index contributed by atoms with van der Waals surface area (Å²) < 4.78 is 23.6. The van der Waals surface area contributed by atoms with Gasteiger partial charge in [0, 0.05) is 25.2 Å². The predicted molar refractivity (Wildman–Crippen MR) is 94.5 cm³/mol. The van der Waals surface area contributed by atoms with Gasteiger partial charge in [-0.3, -0.25) is 4.79 Å². The van der Waals surface area contributed by atoms with Gasteiger partial charge in [0.1, 0.15) is 0 Å². The van der Waals surface area contributed by atoms with E-state index >= 15 is 0 Å². The third-order valence-electron chi connectivity index (χ3n) is 4.81. The van der Waals surface area contributed by atoms with Crippen LogP contribution in [0.1, 0.15) is 34.8 Å². The highest BCUT2D eigenvalue weighted by Gasteiger charge is 2.25. The van der Waals surface area contributed by atoms with Gasteiger partial charge in [-0.05, 0) is 70.0 Å². The van der Waals surface area contributed by atoms with E-state index in [-0.39, 0.29) is 10.8 Å². The van der Waals surface area contributed by atoms with Crippen molar-refractivity contribution in [3.05, 3.63) is 28.8 Å². The number of amides is 1. The number of hydrogen-bond donors (Lipinski definition) is 1. The zero-order valence-electron chi connectivity index (χ0n) is 14.9. The van der Waals surface area contributed by atoms with Gasteiger partial charge in [-0.25, -0.2) is 13.6 Å². The highest BCUT2D eigenvalue weighted by molar-refractivity contribution is 7.89. The third-order valence-corrected chi connectivity index (χ3v) is 5.85. The standard InChI is InChI=1S/C17H27N3O3S/c1-5-20(11-14-6-7-19(4)10-14)17(21)15-8-12(2)13(3)16(9-15)24(18,22)23/h8-9,14H,5-7,10-11H2,1-4H3,(H2,18,22,23)/t14-/m0/s1. The van der Waals surface area contributed by atoms with E-state index in [0.717, 1.165) is 25.1 Å². The molecule has 2 N–H and O–H groups in total. The van der Waals surface area contributed by atoms with Crippen molar-refractivity contribution in [2.45, 2.75) is 32.1 Å². The van der Waals surface area contributed by atoms with Gasteiger partial charge in [0.15, 0.2) is 0 Å². The van der Waals surface area contributed by atoms with Crippen LogP contribution in [0.5, 0.6) is 0 Å². The molecule has 1 aromatic rings. The number of carbonyl (C=O) groups excluding carboxylic acids is 1. The number of primary sulfonamides is 1. The summed E-state index contributed by atoms with van der Waals surface area (Å²) in [5.74, 6) is 0.322. The van der Waals surface area contributed by atoms with Crippen molar-refractivity contribution in [3.8, 4) is 0 Å². The lowest BCUT2D eigenvalue weighted by Crippen LogP contribution is -2.36. The van der Waals surface area contributed by atoms with Crippen LogP contribution in [0.2, 0.25) is 0 Å². The molecule has 1 saturated heterocycles. The Morgan fingerprint density at radius 3 is 2.54 bits per heavy atom. The SMILES string of the molecule is CCN(C[C@H]1CCN(C)C1)C(=O)c1cc(C)c(C)c(S(N)(=O)=O)c1. The summed E-state index contributed by atoms with van der Waals surface area (Å²) in [6.07, 6.45) is 1.08. The summed E-state index contributed by atoms with van der Waals surface area (Å²) in [4.78, 5) is 16.9. The molecule has 2 rings (SSSR count). The fraction of sp³-hybridized carbons (Fsp3) is 0.588. The Morgan fingerprint density at radius 2 is 2.04 bits per heavy atom. The highest BCUT2D eigenvalue weighted by atomic mass is 32.2. The Kier molecular flexibility index (Phi) is 5.67. The molecule has 0 unspecified atom stereocenters. The Labute approximate surface area is 144 Å². The van der Waals surface area contributed by atoms with E-state index < -0.39 is 10.0 Å². The summed E-state index contributed by atoms with van der Waals surface area (Å²) in [6.45, 7) is 8.76. The number of benzene rings is 1. The van der Waals surface area contributed by atoms with Crippen molar-refractivity contribution in [2.24, 2.45) is 11.1 Å². The van der Waals surface area contributed by atoms with Gasteiger partial charge in [0.2, 0.25) is 10.0 Å². The van der Waals surface area contributed by atoms with E-state index in [1.165, 1.54) is 6.07 Å². The number of sulfonamides is 1. The zero-order chi connectivity index (χ0) is 18.1. The number of nitrogens with two attached hydrogens (primary N) is 1. The Hall–Kier alpha value is -1.44. The highest BCUT2D eigenvalue weighted by Crippen LogP contribution is 2.22. The molecule has 1 aliphatic heterocycles. The van der Waals surface area contributed by atoms with Gasteiger partial charge in [-0.2, -0.15) is 0 Å². The maximum Gasteiger partial charge on any atom is 0.253 e. The van der Waals surface area contributed by atoms with Crippen molar-refractivity contribution in [1.29, 1.82) is 0 Å². The second-order valence-corrected chi connectivity index (χ2v) is 8.25. The molecule has 1 aromatic carbocycles. The van der Waals surface area contributed by atoms with Crippen LogP contribution in [0.25, 0.3) is 0 Å². The van der Waals surface area contributed by atoms with E-state index in [9.17, 15) is 13.2 Å². The molecule has 0 bridgehead atoms. The lowest BCUT2D eigenvalue weighted by molar-refractivity contribution is 0.0739. The summed E-state index contributed by atoms with van der Waals surface area (Å²) in [7, 11) is -1.77. The van der Waals surface area contributed by atoms with Gasteiger partial charge in [0.05, 0.1) is 4.90 Å². The molecule has 134 valence electrons. The average Bonchev–Trinajstić information content (AvgIpc) is 2.90. The van der Waals surface area contributed by atoms with Crippen LogP contribution in [-0.4, -0.2) is 57.4 Å². The fourth-order valence-electron chi connectivity index (χ4n) is 3.27. The molecule has 1 heterocycles. The van der Waals surface area contributed by atoms with E-state index in [1.54, 1.807) is 24.8 Å². The normalized spacial score (nSPS) is 18.8. The lowest BCUT2D eigenvalue weighted by Gasteiger charge is -2.25. The van der Waals surface area contributed by atoms with Crippen LogP contribution in [-0.2, 0) is 10.0 Å². The van der Waals surface area contributed by atoms with Crippen LogP contribution in [0.3, 0.4) is 0 Å². The van der Waals surface area contributed by atoms with Gasteiger partial charge in [0.25, 0.3) is 5.91 Å². The molecule has 0 aliphatic carbocycles. The molecule has 0 saturated carbocycles. The number of likely N-dealkylation sites (tertiary alicyclic amines) is 1. The van der Waals surface area contributed by atoms with Crippen molar-refractivity contribution >= 4 is 15.9 Å². The van der Waals surface area contributed by atoms with Crippen molar-refractivity contribution < 1.29 is 13.2 Å². The second kappa shape index (κ2) is 7.21. The number of carbonyl (C=O) groups is 1. The minimum atomic E-state index is -3.85. The molecular weight excluding hydrogens is 326 g/mol. The third kappa shape index (κ3) is 4.15. The zero-order valence-corrected chi connectivity index (χ0v) is 15.7. The van der Waals surface area contributed by atoms with Gasteiger partial charge in [-0.1, -0.05) is 0 Å². The maximum absolute atomic E-state index is 12.9. The van der Waals surface area contributed by atoms with E-state index in [1.807, 2.05) is 6.92 Å². The molecule has 1 fully saturated rings. The Morgan fingerprint density at radius 1 is 1.38 bits per heavy atom. The largest absolute Gasteiger partial charge is 0.339 e. The molecule has 1 aliphatic rings. The number of hydrogen-bond acceptors (Lipinski definition) is 4. The maximum atomic E-state index is 12.9. The minimum absolute atomic E-state index is 0.0301. The van der Waals surface area contributed by atoms with Crippen LogP contribution >= 0.6 is 0 Å². The van der Waals surface area contributed by atoms with Crippen LogP contribution in [0.4, 0.5) is 0 Å². The first-order valence-electron chi connectivity index (χ1n) is 8.25. The van der Waals surface area contributed by atoms with Crippen molar-refractivity contribution in [2.75, 3.05) is 33.2 Å². The molecule has 0 aromatic heterocycles. The topological polar surface area (TPSA) is 83.7 Å². The first-order valence-corrected chi connectivity index (χ1v) is 9.80. The monoisotopic (exact) mass is 353 g/mol. The Balaban J connectivity index is 2.29. The van der Waals surface area contributed by atoms with E-state index in [4.69, 9.17) is 5.14 Å². The van der Waals surface area contributed by atoms with Gasteiger partial charge >= 0.3 is 0 Å². The Bertz CT molecular complexity index is 731. The molecular formula is C17H27N3O3S. The van der Waals surface area contributed by atoms with E-state index in [0.29, 0.717) is 30.1 Å². The summed E-state index contributed by atoms with van der Waals surface area (Å²) in [6, 6.07) is 3.15. The minimum Gasteiger partial charge on any atom is -0.339 e. The van der Waals surface area contributed by atoms with E-state index in [2.05, 4.69) is 11.9 Å². The summed E-state index contributed by atoms with van der Waals surface area (Å²) >= 11 is 0. The quantitative estimate of drug-likeness (QED) is 0.866. The molecule has 0 spiro atoms. The fourth-order valence-corrected chi connectivity index (χ4v) is 4.15. The molecule has 1 amide bonds. The van der Waals surface area contributed by atoms with Gasteiger partial charge < -0.3 is 9.80 Å². The first kappa shape index (κ1) is 18.9. The number of aryl methyl sites for hydroxylation is 1. The summed E-state index contributed by atoms with van der Waals surface area (Å²) in [5.41, 5.74) is 1.73. The second-order valence-electron chi connectivity index (χ2n) is 6.72. The molecule has 0 radical (unpaired) electrons. The summed E-state index contributed by atoms with van der Waals surface area (Å²) in [5, 5.41) is 5.29. The molecule has 6 nitrogen and oxygen atoms in total. The smallest absolute Gasteiger partial charge is 0.253 e. The van der Waals surface area contributed by atoms with Crippen molar-refractivity contribution in [1.82, 2.24) is 9.80 Å². The average molecular weight is 353 g/mol. The van der Waals surface area contributed by atoms with Gasteiger partial charge in [-0.15, -0.1) is 0 Å². The molecule has 1 atom stereocenters. The molecule has 7 heteroatoms. The first-order chi connectivity index (χ1) is 11.1. The predicted octanol–water partition coefficient (Wildman–Crippen LogP) is 1.36. The number of rotatable bonds is 5. The van der Waals surface area contributed by atoms with Crippen molar-refractivity contribution in [3.63, 3.8) is 0 Å². The van der Waals surface area contributed by atoms with Crippen LogP contribution < -0.4 is 5.14 Å². The number of nitrogens with zero attached hydrogens (tertiary/aromatic N) is 2. The van der Waals surface area contributed by atoms with Crippen LogP contribution in [0.15, 0.2) is 17.0 Å².